The molecule has 0 aliphatic carbocycles. The predicted octanol–water partition coefficient (Wildman–Crippen LogP) is 4.27. The van der Waals surface area contributed by atoms with Gasteiger partial charge in [0.05, 0.1) is 19.3 Å². The summed E-state index contributed by atoms with van der Waals surface area (Å²) in [6.45, 7) is 10.9. The third kappa shape index (κ3) is 3.67. The molecule has 3 heterocycles. The Morgan fingerprint density at radius 3 is 2.62 bits per heavy atom. The van der Waals surface area contributed by atoms with Gasteiger partial charge in [0.2, 0.25) is 0 Å². The lowest BCUT2D eigenvalue weighted by Gasteiger charge is -2.32. The van der Waals surface area contributed by atoms with E-state index in [9.17, 15) is 4.79 Å². The van der Waals surface area contributed by atoms with Gasteiger partial charge in [-0.25, -0.2) is 4.79 Å². The number of allylic oxidation sites excluding steroid dienone is 1. The fourth-order valence-electron chi connectivity index (χ4n) is 3.42. The van der Waals surface area contributed by atoms with Gasteiger partial charge < -0.3 is 18.8 Å². The minimum absolute atomic E-state index is 0.167. The molecular weight excluding hydrogens is 396 g/mol. The second-order valence-corrected chi connectivity index (χ2v) is 7.63. The number of carbonyl (C=O) groups is 1. The quantitative estimate of drug-likeness (QED) is 0.692. The first-order chi connectivity index (χ1) is 12.4. The molecule has 6 heteroatoms. The lowest BCUT2D eigenvalue weighted by molar-refractivity contribution is 0.0368. The van der Waals surface area contributed by atoms with Crippen LogP contribution in [0.5, 0.6) is 0 Å². The summed E-state index contributed by atoms with van der Waals surface area (Å²) in [5.74, 6) is -0.301. The summed E-state index contributed by atoms with van der Waals surface area (Å²) in [7, 11) is 0. The van der Waals surface area contributed by atoms with Crippen LogP contribution in [0.3, 0.4) is 0 Å². The van der Waals surface area contributed by atoms with Gasteiger partial charge in [-0.2, -0.15) is 0 Å². The normalized spacial score (nSPS) is 15.8. The van der Waals surface area contributed by atoms with Crippen molar-refractivity contribution >= 4 is 33.1 Å². The molecule has 5 nitrogen and oxygen atoms in total. The summed E-state index contributed by atoms with van der Waals surface area (Å²) in [6, 6.07) is 4.15. The highest BCUT2D eigenvalue weighted by Crippen LogP contribution is 2.30. The maximum absolute atomic E-state index is 12.8. The predicted molar refractivity (Wildman–Crippen MR) is 106 cm³/mol. The Hall–Kier alpha value is -1.79. The molecule has 140 valence electrons. The highest BCUT2D eigenvalue weighted by Gasteiger charge is 2.23. The van der Waals surface area contributed by atoms with Crippen LogP contribution in [-0.4, -0.2) is 47.7 Å². The highest BCUT2D eigenvalue weighted by molar-refractivity contribution is 9.10. The third-order valence-electron chi connectivity index (χ3n) is 4.55. The first kappa shape index (κ1) is 19.0. The van der Waals surface area contributed by atoms with Gasteiger partial charge >= 0.3 is 5.97 Å². The zero-order chi connectivity index (χ0) is 18.8. The number of hydrogen-bond donors (Lipinski definition) is 0. The molecule has 1 saturated heterocycles. The van der Waals surface area contributed by atoms with E-state index in [4.69, 9.17) is 9.47 Å². The van der Waals surface area contributed by atoms with Crippen LogP contribution < -0.4 is 0 Å². The number of rotatable bonds is 4. The molecule has 1 aliphatic heterocycles. The molecule has 0 unspecified atom stereocenters. The Morgan fingerprint density at radius 1 is 1.31 bits per heavy atom. The van der Waals surface area contributed by atoms with Gasteiger partial charge in [0.25, 0.3) is 0 Å². The summed E-state index contributed by atoms with van der Waals surface area (Å²) >= 11 is 3.52. The van der Waals surface area contributed by atoms with E-state index >= 15 is 0 Å². The Kier molecular flexibility index (Phi) is 5.73. The van der Waals surface area contributed by atoms with Crippen molar-refractivity contribution in [2.45, 2.75) is 33.8 Å². The lowest BCUT2D eigenvalue weighted by Crippen LogP contribution is -2.35. The van der Waals surface area contributed by atoms with Crippen LogP contribution in [0.2, 0.25) is 0 Å². The summed E-state index contributed by atoms with van der Waals surface area (Å²) < 4.78 is 13.8. The second-order valence-electron chi connectivity index (χ2n) is 6.71. The van der Waals surface area contributed by atoms with Crippen LogP contribution in [0.4, 0.5) is 0 Å². The second kappa shape index (κ2) is 7.84. The van der Waals surface area contributed by atoms with Crippen molar-refractivity contribution in [2.24, 2.45) is 0 Å². The minimum atomic E-state index is -0.301. The number of carbonyl (C=O) groups excluding carboxylic acids is 1. The van der Waals surface area contributed by atoms with Crippen molar-refractivity contribution in [3.8, 4) is 0 Å². The molecule has 1 fully saturated rings. The van der Waals surface area contributed by atoms with Crippen molar-refractivity contribution in [1.29, 1.82) is 0 Å². The number of aromatic nitrogens is 1. The van der Waals surface area contributed by atoms with Crippen LogP contribution in [-0.2, 0) is 9.47 Å². The van der Waals surface area contributed by atoms with E-state index in [1.54, 1.807) is 0 Å². The van der Waals surface area contributed by atoms with Crippen molar-refractivity contribution < 1.29 is 14.3 Å². The standard InChI is InChI=1S/C20H25BrN2O3/c1-5-18(22-6-8-25-9-7-22)17-11-16-10-15(21)12-23(16)19(14(17)4)20(24)26-13(2)3/h5,10-13H,6-9H2,1-4H3/b18-5-. The molecule has 0 spiro atoms. The van der Waals surface area contributed by atoms with Crippen LogP contribution >= 0.6 is 15.9 Å². The van der Waals surface area contributed by atoms with Crippen LogP contribution in [0.25, 0.3) is 11.2 Å². The molecule has 0 radical (unpaired) electrons. The SMILES string of the molecule is C/C=C(/c1cc2cc(Br)cn2c(C(=O)OC(C)C)c1C)N1CCOCC1. The number of esters is 1. The molecule has 2 aromatic heterocycles. The maximum Gasteiger partial charge on any atom is 0.355 e. The summed E-state index contributed by atoms with van der Waals surface area (Å²) in [5, 5.41) is 0. The Labute approximate surface area is 162 Å². The molecule has 0 saturated carbocycles. The number of ether oxygens (including phenoxy) is 2. The molecule has 1 aliphatic rings. The van der Waals surface area contributed by atoms with E-state index in [-0.39, 0.29) is 12.1 Å². The molecule has 26 heavy (non-hydrogen) atoms. The number of halogens is 1. The zero-order valence-electron chi connectivity index (χ0n) is 15.7. The van der Waals surface area contributed by atoms with Gasteiger partial charge in [0, 0.05) is 40.5 Å². The molecule has 0 bridgehead atoms. The average Bonchev–Trinajstić information content (AvgIpc) is 2.95. The van der Waals surface area contributed by atoms with E-state index in [1.165, 1.54) is 0 Å². The van der Waals surface area contributed by atoms with Gasteiger partial charge in [-0.05, 0) is 61.3 Å². The molecule has 0 atom stereocenters. The molecular formula is C20H25BrN2O3. The Balaban J connectivity index is 2.16. The first-order valence-corrected chi connectivity index (χ1v) is 9.73. The van der Waals surface area contributed by atoms with E-state index in [1.807, 2.05) is 44.4 Å². The Morgan fingerprint density at radius 2 is 2.00 bits per heavy atom. The van der Waals surface area contributed by atoms with Crippen molar-refractivity contribution in [2.75, 3.05) is 26.3 Å². The number of nitrogens with zero attached hydrogens (tertiary/aromatic N) is 2. The van der Waals surface area contributed by atoms with Crippen molar-refractivity contribution in [1.82, 2.24) is 9.30 Å². The summed E-state index contributed by atoms with van der Waals surface area (Å²) in [6.07, 6.45) is 3.85. The van der Waals surface area contributed by atoms with Crippen LogP contribution in [0.15, 0.2) is 28.9 Å². The van der Waals surface area contributed by atoms with E-state index in [0.717, 1.165) is 53.1 Å². The van der Waals surface area contributed by atoms with Gasteiger partial charge in [-0.3, -0.25) is 0 Å². The fraction of sp³-hybridized carbons (Fsp3) is 0.450. The molecule has 0 aromatic carbocycles. The first-order valence-electron chi connectivity index (χ1n) is 8.94. The number of morpholine rings is 1. The highest BCUT2D eigenvalue weighted by atomic mass is 79.9. The minimum Gasteiger partial charge on any atom is -0.458 e. The van der Waals surface area contributed by atoms with Gasteiger partial charge in [0.1, 0.15) is 5.69 Å². The van der Waals surface area contributed by atoms with Crippen molar-refractivity contribution in [3.63, 3.8) is 0 Å². The van der Waals surface area contributed by atoms with Crippen LogP contribution in [0.1, 0.15) is 42.4 Å². The van der Waals surface area contributed by atoms with Gasteiger partial charge in [-0.1, -0.05) is 6.08 Å². The smallest absolute Gasteiger partial charge is 0.355 e. The molecule has 0 amide bonds. The molecule has 2 aromatic rings. The van der Waals surface area contributed by atoms with E-state index < -0.39 is 0 Å². The number of hydrogen-bond acceptors (Lipinski definition) is 4. The number of fused-ring (bicyclic) bond motifs is 1. The average molecular weight is 421 g/mol. The van der Waals surface area contributed by atoms with Gasteiger partial charge in [0.15, 0.2) is 0 Å². The van der Waals surface area contributed by atoms with Crippen molar-refractivity contribution in [3.05, 3.63) is 45.7 Å². The van der Waals surface area contributed by atoms with Crippen LogP contribution in [0, 0.1) is 6.92 Å². The lowest BCUT2D eigenvalue weighted by atomic mass is 10.0. The maximum atomic E-state index is 12.8. The van der Waals surface area contributed by atoms with E-state index in [0.29, 0.717) is 5.69 Å². The summed E-state index contributed by atoms with van der Waals surface area (Å²) in [5.41, 5.74) is 4.64. The molecule has 3 rings (SSSR count). The largest absolute Gasteiger partial charge is 0.458 e. The zero-order valence-corrected chi connectivity index (χ0v) is 17.3. The fourth-order valence-corrected chi connectivity index (χ4v) is 3.85. The van der Waals surface area contributed by atoms with Gasteiger partial charge in [-0.15, -0.1) is 0 Å². The topological polar surface area (TPSA) is 43.2 Å². The van der Waals surface area contributed by atoms with E-state index in [2.05, 4.69) is 33.0 Å². The third-order valence-corrected chi connectivity index (χ3v) is 4.98. The molecule has 0 N–H and O–H groups in total. The Bertz CT molecular complexity index is 848. The summed E-state index contributed by atoms with van der Waals surface area (Å²) in [4.78, 5) is 15.1. The monoisotopic (exact) mass is 420 g/mol. The number of pyridine rings is 1.